The van der Waals surface area contributed by atoms with Crippen molar-refractivity contribution in [2.75, 3.05) is 6.54 Å². The van der Waals surface area contributed by atoms with Crippen molar-refractivity contribution in [1.82, 2.24) is 10.2 Å². The minimum Gasteiger partial charge on any atom is -0.481 e. The number of halogens is 1. The van der Waals surface area contributed by atoms with E-state index >= 15 is 0 Å². The second-order valence-corrected chi connectivity index (χ2v) is 9.55. The predicted octanol–water partition coefficient (Wildman–Crippen LogP) is 5.72. The van der Waals surface area contributed by atoms with E-state index in [-0.39, 0.29) is 24.9 Å². The monoisotopic (exact) mass is 432 g/mol. The van der Waals surface area contributed by atoms with E-state index in [1.54, 1.807) is 0 Å². The van der Waals surface area contributed by atoms with Crippen molar-refractivity contribution >= 4 is 23.6 Å². The molecule has 0 bridgehead atoms. The lowest BCUT2D eigenvalue weighted by Crippen LogP contribution is -2.55. The molecule has 1 heterocycles. The van der Waals surface area contributed by atoms with Gasteiger partial charge in [0.25, 0.3) is 0 Å². The molecular formula is C24H33ClN2O3. The molecule has 1 fully saturated rings. The van der Waals surface area contributed by atoms with Crippen LogP contribution in [0, 0.1) is 11.8 Å². The van der Waals surface area contributed by atoms with Gasteiger partial charge in [0.05, 0.1) is 12.0 Å². The van der Waals surface area contributed by atoms with Crippen LogP contribution in [0.2, 0.25) is 5.02 Å². The lowest BCUT2D eigenvalue weighted by atomic mass is 9.77. The molecule has 1 aromatic carbocycles. The van der Waals surface area contributed by atoms with Gasteiger partial charge in [0.2, 0.25) is 0 Å². The molecule has 6 heteroatoms. The first-order chi connectivity index (χ1) is 14.2. The van der Waals surface area contributed by atoms with Crippen LogP contribution in [-0.4, -0.2) is 28.6 Å². The highest BCUT2D eigenvalue weighted by molar-refractivity contribution is 6.31. The number of rotatable bonds is 7. The Balaban J connectivity index is 1.86. The molecule has 0 unspecified atom stereocenters. The number of carboxylic acid groups (broad SMARTS) is 1. The predicted molar refractivity (Wildman–Crippen MR) is 119 cm³/mol. The van der Waals surface area contributed by atoms with E-state index in [2.05, 4.69) is 31.3 Å². The van der Waals surface area contributed by atoms with Gasteiger partial charge in [-0.05, 0) is 47.9 Å². The molecule has 1 aliphatic heterocycles. The van der Waals surface area contributed by atoms with Crippen molar-refractivity contribution in [3.8, 4) is 0 Å². The van der Waals surface area contributed by atoms with Gasteiger partial charge in [0, 0.05) is 17.8 Å². The largest absolute Gasteiger partial charge is 0.481 e. The molecule has 2 N–H and O–H groups in total. The number of hydrogen-bond acceptors (Lipinski definition) is 2. The maximum atomic E-state index is 12.7. The molecule has 0 radical (unpaired) electrons. The maximum Gasteiger partial charge on any atom is 0.322 e. The van der Waals surface area contributed by atoms with Gasteiger partial charge in [-0.1, -0.05) is 69.7 Å². The van der Waals surface area contributed by atoms with Gasteiger partial charge in [0.15, 0.2) is 0 Å². The lowest BCUT2D eigenvalue weighted by Gasteiger charge is -2.42. The normalized spacial score (nSPS) is 22.8. The van der Waals surface area contributed by atoms with Crippen molar-refractivity contribution in [1.29, 1.82) is 0 Å². The SMILES string of the molecule is CC(C)C1=CN(CCC(=O)O)C(=O)N[C@@]1(C)c1ccc(CC2CCCCC2)c(Cl)c1. The van der Waals surface area contributed by atoms with Crippen LogP contribution in [0.1, 0.15) is 70.4 Å². The summed E-state index contributed by atoms with van der Waals surface area (Å²) in [4.78, 5) is 25.1. The van der Waals surface area contributed by atoms with E-state index in [9.17, 15) is 9.59 Å². The molecule has 0 spiro atoms. The average molecular weight is 433 g/mol. The van der Waals surface area contributed by atoms with Crippen molar-refractivity contribution < 1.29 is 14.7 Å². The van der Waals surface area contributed by atoms with Crippen LogP contribution >= 0.6 is 11.6 Å². The summed E-state index contributed by atoms with van der Waals surface area (Å²) in [5.74, 6) is -0.0411. The molecule has 1 aliphatic carbocycles. The third kappa shape index (κ3) is 5.00. The Bertz CT molecular complexity index is 830. The zero-order valence-corrected chi connectivity index (χ0v) is 19.0. The summed E-state index contributed by atoms with van der Waals surface area (Å²) in [6, 6.07) is 5.89. The highest BCUT2D eigenvalue weighted by Crippen LogP contribution is 2.39. The molecule has 2 aliphatic rings. The number of urea groups is 1. The van der Waals surface area contributed by atoms with Gasteiger partial charge in [-0.3, -0.25) is 4.79 Å². The summed E-state index contributed by atoms with van der Waals surface area (Å²) in [7, 11) is 0. The second kappa shape index (κ2) is 9.42. The molecule has 1 atom stereocenters. The van der Waals surface area contributed by atoms with Crippen LogP contribution in [0.4, 0.5) is 4.79 Å². The highest BCUT2D eigenvalue weighted by Gasteiger charge is 2.39. The van der Waals surface area contributed by atoms with Crippen LogP contribution < -0.4 is 5.32 Å². The van der Waals surface area contributed by atoms with Gasteiger partial charge in [-0.2, -0.15) is 0 Å². The fraction of sp³-hybridized carbons (Fsp3) is 0.583. The van der Waals surface area contributed by atoms with Crippen molar-refractivity contribution in [2.24, 2.45) is 11.8 Å². The Kier molecular flexibility index (Phi) is 7.12. The molecule has 1 aromatic rings. The summed E-state index contributed by atoms with van der Waals surface area (Å²) in [6.45, 7) is 6.30. The number of nitrogens with zero attached hydrogens (tertiary/aromatic N) is 1. The van der Waals surface area contributed by atoms with E-state index in [4.69, 9.17) is 16.7 Å². The number of carboxylic acids is 1. The Hall–Kier alpha value is -2.01. The zero-order chi connectivity index (χ0) is 21.9. The summed E-state index contributed by atoms with van der Waals surface area (Å²) in [5, 5.41) is 12.8. The fourth-order valence-electron chi connectivity index (χ4n) is 4.79. The molecular weight excluding hydrogens is 400 g/mol. The van der Waals surface area contributed by atoms with Crippen LogP contribution in [0.25, 0.3) is 0 Å². The third-order valence-corrected chi connectivity index (χ3v) is 6.89. The van der Waals surface area contributed by atoms with E-state index in [1.807, 2.05) is 19.2 Å². The van der Waals surface area contributed by atoms with Crippen LogP contribution in [0.15, 0.2) is 30.0 Å². The number of benzene rings is 1. The van der Waals surface area contributed by atoms with Gasteiger partial charge in [-0.25, -0.2) is 4.79 Å². The summed E-state index contributed by atoms with van der Waals surface area (Å²) in [5.41, 5.74) is 2.48. The Morgan fingerprint density at radius 1 is 1.30 bits per heavy atom. The number of nitrogens with one attached hydrogen (secondary N) is 1. The van der Waals surface area contributed by atoms with Gasteiger partial charge >= 0.3 is 12.0 Å². The zero-order valence-electron chi connectivity index (χ0n) is 18.2. The first kappa shape index (κ1) is 22.7. The van der Waals surface area contributed by atoms with Crippen molar-refractivity contribution in [3.05, 3.63) is 46.1 Å². The van der Waals surface area contributed by atoms with Crippen LogP contribution in [0.5, 0.6) is 0 Å². The molecule has 1 saturated carbocycles. The minimum absolute atomic E-state index is 0.0896. The topological polar surface area (TPSA) is 69.6 Å². The average Bonchev–Trinajstić information content (AvgIpc) is 2.69. The molecule has 0 aromatic heterocycles. The Morgan fingerprint density at radius 2 is 2.00 bits per heavy atom. The molecule has 0 saturated heterocycles. The molecule has 164 valence electrons. The van der Waals surface area contributed by atoms with Crippen LogP contribution in [0.3, 0.4) is 0 Å². The second-order valence-electron chi connectivity index (χ2n) is 9.15. The third-order valence-electron chi connectivity index (χ3n) is 6.54. The van der Waals surface area contributed by atoms with E-state index < -0.39 is 11.5 Å². The van der Waals surface area contributed by atoms with E-state index in [0.29, 0.717) is 5.92 Å². The first-order valence-corrected chi connectivity index (χ1v) is 11.4. The Labute approximate surface area is 184 Å². The number of aliphatic carboxylic acids is 1. The number of hydrogen-bond donors (Lipinski definition) is 2. The number of carbonyl (C=O) groups excluding carboxylic acids is 1. The lowest BCUT2D eigenvalue weighted by molar-refractivity contribution is -0.137. The fourth-order valence-corrected chi connectivity index (χ4v) is 5.04. The summed E-state index contributed by atoms with van der Waals surface area (Å²) in [6.07, 6.45) is 9.25. The van der Waals surface area contributed by atoms with E-state index in [0.717, 1.165) is 22.6 Å². The molecule has 2 amide bonds. The summed E-state index contributed by atoms with van der Waals surface area (Å²) >= 11 is 6.70. The number of amides is 2. The standard InChI is InChI=1S/C24H33ClN2O3/c1-16(2)20-15-27(12-11-22(28)29)23(30)26-24(20,3)19-10-9-18(21(25)14-19)13-17-7-5-4-6-8-17/h9-10,14-17H,4-8,11-13H2,1-3H3,(H,26,30)(H,28,29)/t24-/m0/s1. The highest BCUT2D eigenvalue weighted by atomic mass is 35.5. The molecule has 3 rings (SSSR count). The van der Waals surface area contributed by atoms with Crippen LogP contribution in [-0.2, 0) is 16.8 Å². The van der Waals surface area contributed by atoms with E-state index in [1.165, 1.54) is 42.6 Å². The smallest absolute Gasteiger partial charge is 0.322 e. The minimum atomic E-state index is -0.920. The van der Waals surface area contributed by atoms with Gasteiger partial charge < -0.3 is 15.3 Å². The summed E-state index contributed by atoms with van der Waals surface area (Å²) < 4.78 is 0. The molecule has 30 heavy (non-hydrogen) atoms. The van der Waals surface area contributed by atoms with Gasteiger partial charge in [0.1, 0.15) is 0 Å². The van der Waals surface area contributed by atoms with Gasteiger partial charge in [-0.15, -0.1) is 0 Å². The Morgan fingerprint density at radius 3 is 2.60 bits per heavy atom. The van der Waals surface area contributed by atoms with Crippen molar-refractivity contribution in [3.63, 3.8) is 0 Å². The number of carbonyl (C=O) groups is 2. The quantitative estimate of drug-likeness (QED) is 0.579. The molecule has 5 nitrogen and oxygen atoms in total. The van der Waals surface area contributed by atoms with Crippen molar-refractivity contribution in [2.45, 2.75) is 71.3 Å². The maximum absolute atomic E-state index is 12.7. The first-order valence-electron chi connectivity index (χ1n) is 11.0.